The van der Waals surface area contributed by atoms with Crippen LogP contribution in [0.15, 0.2) is 12.2 Å². The van der Waals surface area contributed by atoms with Crippen LogP contribution >= 0.6 is 23.5 Å². The summed E-state index contributed by atoms with van der Waals surface area (Å²) in [5.41, 5.74) is 0. The molecule has 26 heavy (non-hydrogen) atoms. The van der Waals surface area contributed by atoms with E-state index in [9.17, 15) is 4.79 Å². The standard InChI is InChI=1S/C21H36O3S2/c1-2-3-4-6-13-25-15-11-17-18(20-10-9-19(17)24-20)12-16-26-14-7-5-8-21(22)23/h4,6,17-20H,2-3,5,7-16H2,1H3,(H,22,23)/b6-4+. The number of unbranched alkanes of at least 4 members (excludes halogenated alkanes) is 2. The summed E-state index contributed by atoms with van der Waals surface area (Å²) < 4.78 is 6.23. The summed E-state index contributed by atoms with van der Waals surface area (Å²) in [6.07, 6.45) is 15.4. The Kier molecular flexibility index (Phi) is 11.2. The second-order valence-corrected chi connectivity index (χ2v) is 9.87. The molecule has 4 atom stereocenters. The first-order valence-corrected chi connectivity index (χ1v) is 12.7. The molecule has 2 heterocycles. The zero-order chi connectivity index (χ0) is 18.6. The zero-order valence-electron chi connectivity index (χ0n) is 16.2. The lowest BCUT2D eigenvalue weighted by atomic mass is 9.76. The normalized spacial score (nSPS) is 27.6. The summed E-state index contributed by atoms with van der Waals surface area (Å²) in [4.78, 5) is 10.5. The molecular weight excluding hydrogens is 364 g/mol. The van der Waals surface area contributed by atoms with Gasteiger partial charge in [-0.05, 0) is 74.0 Å². The number of hydrogen-bond donors (Lipinski definition) is 1. The van der Waals surface area contributed by atoms with Crippen molar-refractivity contribution >= 4 is 29.5 Å². The second-order valence-electron chi connectivity index (χ2n) is 7.49. The minimum absolute atomic E-state index is 0.314. The molecule has 0 aliphatic carbocycles. The number of fused-ring (bicyclic) bond motifs is 2. The highest BCUT2D eigenvalue weighted by Crippen LogP contribution is 2.47. The molecule has 2 aliphatic heterocycles. The Morgan fingerprint density at radius 1 is 1.04 bits per heavy atom. The van der Waals surface area contributed by atoms with Crippen LogP contribution in [0.4, 0.5) is 0 Å². The van der Waals surface area contributed by atoms with Crippen molar-refractivity contribution in [3.05, 3.63) is 12.2 Å². The van der Waals surface area contributed by atoms with E-state index in [1.54, 1.807) is 0 Å². The molecule has 0 radical (unpaired) electrons. The van der Waals surface area contributed by atoms with E-state index in [4.69, 9.17) is 9.84 Å². The van der Waals surface area contributed by atoms with Crippen molar-refractivity contribution in [3.8, 4) is 0 Å². The van der Waals surface area contributed by atoms with Crippen LogP contribution in [0.2, 0.25) is 0 Å². The van der Waals surface area contributed by atoms with Gasteiger partial charge < -0.3 is 9.84 Å². The Morgan fingerprint density at radius 3 is 2.38 bits per heavy atom. The first-order chi connectivity index (χ1) is 12.7. The maximum Gasteiger partial charge on any atom is 0.303 e. The fourth-order valence-corrected chi connectivity index (χ4v) is 6.12. The highest BCUT2D eigenvalue weighted by atomic mass is 32.2. The summed E-state index contributed by atoms with van der Waals surface area (Å²) >= 11 is 4.06. The predicted molar refractivity (Wildman–Crippen MR) is 114 cm³/mol. The van der Waals surface area contributed by atoms with Crippen molar-refractivity contribution in [2.75, 3.05) is 23.0 Å². The Hall–Kier alpha value is -0.130. The molecule has 0 saturated carbocycles. The average Bonchev–Trinajstić information content (AvgIpc) is 3.22. The predicted octanol–water partition coefficient (Wildman–Crippen LogP) is 5.64. The van der Waals surface area contributed by atoms with Gasteiger partial charge in [-0.3, -0.25) is 4.79 Å². The number of carbonyl (C=O) groups is 1. The monoisotopic (exact) mass is 400 g/mol. The summed E-state index contributed by atoms with van der Waals surface area (Å²) in [5, 5.41) is 8.67. The molecule has 0 aromatic rings. The summed E-state index contributed by atoms with van der Waals surface area (Å²) in [7, 11) is 0. The molecule has 5 heteroatoms. The van der Waals surface area contributed by atoms with Crippen molar-refractivity contribution in [2.24, 2.45) is 11.8 Å². The van der Waals surface area contributed by atoms with Gasteiger partial charge in [-0.25, -0.2) is 0 Å². The van der Waals surface area contributed by atoms with Gasteiger partial charge in [0.05, 0.1) is 12.2 Å². The Bertz CT molecular complexity index is 427. The van der Waals surface area contributed by atoms with Crippen molar-refractivity contribution in [1.29, 1.82) is 0 Å². The lowest BCUT2D eigenvalue weighted by molar-refractivity contribution is -0.137. The van der Waals surface area contributed by atoms with Gasteiger partial charge >= 0.3 is 5.97 Å². The molecule has 4 unspecified atom stereocenters. The van der Waals surface area contributed by atoms with Crippen LogP contribution in [0.1, 0.15) is 64.7 Å². The number of carboxylic acid groups (broad SMARTS) is 1. The zero-order valence-corrected chi connectivity index (χ0v) is 17.9. The lowest BCUT2D eigenvalue weighted by Gasteiger charge is -2.28. The van der Waals surface area contributed by atoms with Gasteiger partial charge in [-0.1, -0.05) is 25.5 Å². The third kappa shape index (κ3) is 7.85. The Morgan fingerprint density at radius 2 is 1.73 bits per heavy atom. The molecule has 150 valence electrons. The summed E-state index contributed by atoms with van der Waals surface area (Å²) in [6.45, 7) is 2.22. The largest absolute Gasteiger partial charge is 0.481 e. The molecule has 2 rings (SSSR count). The quantitative estimate of drug-likeness (QED) is 0.285. The van der Waals surface area contributed by atoms with Gasteiger partial charge in [-0.15, -0.1) is 0 Å². The van der Waals surface area contributed by atoms with Crippen molar-refractivity contribution in [2.45, 2.75) is 76.9 Å². The molecule has 0 amide bonds. The fraction of sp³-hybridized carbons (Fsp3) is 0.857. The maximum atomic E-state index is 10.5. The van der Waals surface area contributed by atoms with E-state index < -0.39 is 5.97 Å². The highest BCUT2D eigenvalue weighted by Gasteiger charge is 2.47. The molecular formula is C21H36O3S2. The van der Waals surface area contributed by atoms with Crippen LogP contribution in [-0.2, 0) is 9.53 Å². The smallest absolute Gasteiger partial charge is 0.303 e. The van der Waals surface area contributed by atoms with Crippen LogP contribution in [-0.4, -0.2) is 46.3 Å². The van der Waals surface area contributed by atoms with Gasteiger partial charge in [-0.2, -0.15) is 23.5 Å². The Labute approximate surface area is 168 Å². The number of carboxylic acids is 1. The fourth-order valence-electron chi connectivity index (χ4n) is 4.20. The van der Waals surface area contributed by atoms with E-state index >= 15 is 0 Å². The van der Waals surface area contributed by atoms with Crippen LogP contribution < -0.4 is 0 Å². The topological polar surface area (TPSA) is 46.5 Å². The lowest BCUT2D eigenvalue weighted by Crippen LogP contribution is -2.28. The van der Waals surface area contributed by atoms with Crippen molar-refractivity contribution in [1.82, 2.24) is 0 Å². The van der Waals surface area contributed by atoms with E-state index in [1.165, 1.54) is 50.0 Å². The molecule has 2 saturated heterocycles. The first-order valence-electron chi connectivity index (χ1n) is 10.4. The molecule has 2 bridgehead atoms. The third-order valence-electron chi connectivity index (χ3n) is 5.55. The van der Waals surface area contributed by atoms with Gasteiger partial charge in [0.1, 0.15) is 0 Å². The number of aliphatic carboxylic acids is 1. The third-order valence-corrected chi connectivity index (χ3v) is 7.60. The molecule has 2 fully saturated rings. The van der Waals surface area contributed by atoms with Gasteiger partial charge in [0.15, 0.2) is 0 Å². The average molecular weight is 401 g/mol. The van der Waals surface area contributed by atoms with Gasteiger partial charge in [0.25, 0.3) is 0 Å². The molecule has 3 nitrogen and oxygen atoms in total. The van der Waals surface area contributed by atoms with Crippen LogP contribution in [0.3, 0.4) is 0 Å². The van der Waals surface area contributed by atoms with Crippen molar-refractivity contribution < 1.29 is 14.6 Å². The highest BCUT2D eigenvalue weighted by molar-refractivity contribution is 7.99. The Balaban J connectivity index is 1.58. The maximum absolute atomic E-state index is 10.5. The minimum Gasteiger partial charge on any atom is -0.481 e. The van der Waals surface area contributed by atoms with E-state index in [2.05, 4.69) is 30.8 Å². The molecule has 0 aromatic carbocycles. The van der Waals surface area contributed by atoms with Gasteiger partial charge in [0, 0.05) is 12.2 Å². The molecule has 1 N–H and O–H groups in total. The number of hydrogen-bond acceptors (Lipinski definition) is 4. The molecule has 0 aromatic heterocycles. The second kappa shape index (κ2) is 13.1. The number of thioether (sulfide) groups is 2. The molecule has 0 spiro atoms. The SMILES string of the molecule is CCC/C=C/CSCCC1C2CCC(O2)C1CCSCCCCC(=O)O. The number of allylic oxidation sites excluding steroid dienone is 1. The minimum atomic E-state index is -0.671. The van der Waals surface area contributed by atoms with Crippen LogP contribution in [0.5, 0.6) is 0 Å². The van der Waals surface area contributed by atoms with E-state index in [1.807, 2.05) is 11.8 Å². The van der Waals surface area contributed by atoms with Crippen LogP contribution in [0, 0.1) is 11.8 Å². The summed E-state index contributed by atoms with van der Waals surface area (Å²) in [6, 6.07) is 0. The first kappa shape index (κ1) is 22.2. The number of rotatable bonds is 15. The number of ether oxygens (including phenoxy) is 1. The van der Waals surface area contributed by atoms with E-state index in [-0.39, 0.29) is 0 Å². The van der Waals surface area contributed by atoms with Crippen molar-refractivity contribution in [3.63, 3.8) is 0 Å². The van der Waals surface area contributed by atoms with E-state index in [0.29, 0.717) is 18.6 Å². The molecule has 2 aliphatic rings. The summed E-state index contributed by atoms with van der Waals surface area (Å²) in [5.74, 6) is 5.57. The van der Waals surface area contributed by atoms with E-state index in [0.717, 1.165) is 36.2 Å². The van der Waals surface area contributed by atoms with Crippen LogP contribution in [0.25, 0.3) is 0 Å². The van der Waals surface area contributed by atoms with Gasteiger partial charge in [0.2, 0.25) is 0 Å².